The highest BCUT2D eigenvalue weighted by Crippen LogP contribution is 2.30. The van der Waals surface area contributed by atoms with E-state index in [4.69, 9.17) is 9.47 Å². The zero-order valence-electron chi connectivity index (χ0n) is 16.8. The van der Waals surface area contributed by atoms with Gasteiger partial charge >= 0.3 is 0 Å². The number of methoxy groups -OCH3 is 1. The van der Waals surface area contributed by atoms with Gasteiger partial charge in [0.05, 0.1) is 18.1 Å². The van der Waals surface area contributed by atoms with E-state index in [9.17, 15) is 14.9 Å². The Morgan fingerprint density at radius 3 is 2.24 bits per heavy atom. The fraction of sp³-hybridized carbons (Fsp3) is 0.381. The standard InChI is InChI=1S/C21H25N3O5/c1-15(2)29-19-9-4-16(14-20(19)28-3)21(25)23-12-10-22(11-13-23)17-5-7-18(8-6-17)24(26)27/h4-9,14-15H,10-13H2,1-3H3. The molecule has 0 atom stereocenters. The van der Waals surface area contributed by atoms with E-state index in [1.54, 1.807) is 42.3 Å². The predicted octanol–water partition coefficient (Wildman–Crippen LogP) is 3.35. The monoisotopic (exact) mass is 399 g/mol. The number of hydrogen-bond acceptors (Lipinski definition) is 6. The third-order valence-electron chi connectivity index (χ3n) is 4.77. The van der Waals surface area contributed by atoms with Crippen molar-refractivity contribution in [1.29, 1.82) is 0 Å². The van der Waals surface area contributed by atoms with Crippen molar-refractivity contribution in [3.63, 3.8) is 0 Å². The Balaban J connectivity index is 1.64. The summed E-state index contributed by atoms with van der Waals surface area (Å²) >= 11 is 0. The highest BCUT2D eigenvalue weighted by molar-refractivity contribution is 5.95. The maximum atomic E-state index is 12.9. The van der Waals surface area contributed by atoms with Gasteiger partial charge in [0, 0.05) is 49.6 Å². The summed E-state index contributed by atoms with van der Waals surface area (Å²) in [5, 5.41) is 10.8. The second-order valence-corrected chi connectivity index (χ2v) is 7.09. The molecule has 2 aromatic rings. The lowest BCUT2D eigenvalue weighted by atomic mass is 10.1. The second kappa shape index (κ2) is 8.81. The molecule has 0 unspecified atom stereocenters. The third-order valence-corrected chi connectivity index (χ3v) is 4.77. The van der Waals surface area contributed by atoms with Crippen LogP contribution in [0, 0.1) is 10.1 Å². The summed E-state index contributed by atoms with van der Waals surface area (Å²) in [6.45, 7) is 6.33. The van der Waals surface area contributed by atoms with Crippen LogP contribution in [0.4, 0.5) is 11.4 Å². The number of nitrogens with zero attached hydrogens (tertiary/aromatic N) is 3. The first-order valence-electron chi connectivity index (χ1n) is 9.52. The first kappa shape index (κ1) is 20.4. The van der Waals surface area contributed by atoms with Crippen LogP contribution < -0.4 is 14.4 Å². The molecule has 8 nitrogen and oxygen atoms in total. The summed E-state index contributed by atoms with van der Waals surface area (Å²) in [5.74, 6) is 1.10. The maximum Gasteiger partial charge on any atom is 0.269 e. The molecular formula is C21H25N3O5. The van der Waals surface area contributed by atoms with Gasteiger partial charge in [-0.25, -0.2) is 0 Å². The van der Waals surface area contributed by atoms with Gasteiger partial charge in [0.25, 0.3) is 11.6 Å². The van der Waals surface area contributed by atoms with Crippen molar-refractivity contribution in [3.8, 4) is 11.5 Å². The second-order valence-electron chi connectivity index (χ2n) is 7.09. The molecule has 2 aromatic carbocycles. The van der Waals surface area contributed by atoms with E-state index >= 15 is 0 Å². The first-order chi connectivity index (χ1) is 13.9. The molecule has 1 aliphatic rings. The lowest BCUT2D eigenvalue weighted by Crippen LogP contribution is -2.48. The molecule has 1 amide bonds. The molecule has 0 aliphatic carbocycles. The number of amides is 1. The van der Waals surface area contributed by atoms with Gasteiger partial charge < -0.3 is 19.3 Å². The molecule has 154 valence electrons. The van der Waals surface area contributed by atoms with Crippen molar-refractivity contribution in [2.45, 2.75) is 20.0 Å². The van der Waals surface area contributed by atoms with Crippen LogP contribution in [0.25, 0.3) is 0 Å². The molecule has 0 radical (unpaired) electrons. The Kier molecular flexibility index (Phi) is 6.21. The quantitative estimate of drug-likeness (QED) is 0.547. The van der Waals surface area contributed by atoms with Crippen LogP contribution in [0.15, 0.2) is 42.5 Å². The van der Waals surface area contributed by atoms with Gasteiger partial charge in [-0.15, -0.1) is 0 Å². The number of hydrogen-bond donors (Lipinski definition) is 0. The molecule has 1 saturated heterocycles. The van der Waals surface area contributed by atoms with Crippen LogP contribution in [-0.4, -0.2) is 55.1 Å². The predicted molar refractivity (Wildman–Crippen MR) is 110 cm³/mol. The summed E-state index contributed by atoms with van der Waals surface area (Å²) in [7, 11) is 1.56. The summed E-state index contributed by atoms with van der Waals surface area (Å²) in [5.41, 5.74) is 1.54. The minimum absolute atomic E-state index is 0.0120. The Labute approximate surface area is 169 Å². The Morgan fingerprint density at radius 1 is 1.03 bits per heavy atom. The Hall–Kier alpha value is -3.29. The maximum absolute atomic E-state index is 12.9. The Bertz CT molecular complexity index is 874. The van der Waals surface area contributed by atoms with Crippen LogP contribution >= 0.6 is 0 Å². The molecule has 1 heterocycles. The van der Waals surface area contributed by atoms with E-state index in [1.165, 1.54) is 12.1 Å². The van der Waals surface area contributed by atoms with Crippen LogP contribution in [-0.2, 0) is 0 Å². The number of rotatable bonds is 6. The van der Waals surface area contributed by atoms with Gasteiger partial charge in [0.15, 0.2) is 11.5 Å². The van der Waals surface area contributed by atoms with E-state index in [0.717, 1.165) is 5.69 Å². The van der Waals surface area contributed by atoms with Crippen molar-refractivity contribution in [3.05, 3.63) is 58.1 Å². The highest BCUT2D eigenvalue weighted by atomic mass is 16.6. The third kappa shape index (κ3) is 4.77. The van der Waals surface area contributed by atoms with Gasteiger partial charge in [-0.05, 0) is 44.2 Å². The zero-order valence-corrected chi connectivity index (χ0v) is 16.8. The van der Waals surface area contributed by atoms with Crippen LogP contribution in [0.2, 0.25) is 0 Å². The average Bonchev–Trinajstić information content (AvgIpc) is 2.73. The van der Waals surface area contributed by atoms with E-state index in [2.05, 4.69) is 4.90 Å². The van der Waals surface area contributed by atoms with Crippen LogP contribution in [0.5, 0.6) is 11.5 Å². The molecule has 0 aromatic heterocycles. The lowest BCUT2D eigenvalue weighted by Gasteiger charge is -2.36. The lowest BCUT2D eigenvalue weighted by molar-refractivity contribution is -0.384. The zero-order chi connectivity index (χ0) is 21.0. The number of nitro benzene ring substituents is 1. The molecule has 0 N–H and O–H groups in total. The smallest absolute Gasteiger partial charge is 0.269 e. The van der Waals surface area contributed by atoms with Crippen molar-refractivity contribution >= 4 is 17.3 Å². The first-order valence-corrected chi connectivity index (χ1v) is 9.52. The number of carbonyl (C=O) groups excluding carboxylic acids is 1. The number of non-ortho nitro benzene ring substituents is 1. The molecule has 0 spiro atoms. The van der Waals surface area contributed by atoms with Crippen molar-refractivity contribution in [2.75, 3.05) is 38.2 Å². The molecular weight excluding hydrogens is 374 g/mol. The number of carbonyl (C=O) groups is 1. The number of benzene rings is 2. The van der Waals surface area contributed by atoms with E-state index < -0.39 is 4.92 Å². The normalized spacial score (nSPS) is 14.1. The van der Waals surface area contributed by atoms with E-state index in [1.807, 2.05) is 13.8 Å². The number of anilines is 1. The number of ether oxygens (including phenoxy) is 2. The van der Waals surface area contributed by atoms with Crippen molar-refractivity contribution in [1.82, 2.24) is 4.90 Å². The molecule has 1 fully saturated rings. The topological polar surface area (TPSA) is 85.2 Å². The van der Waals surface area contributed by atoms with E-state index in [0.29, 0.717) is 43.2 Å². The van der Waals surface area contributed by atoms with Crippen molar-refractivity contribution < 1.29 is 19.2 Å². The number of nitro groups is 1. The largest absolute Gasteiger partial charge is 0.493 e. The fourth-order valence-corrected chi connectivity index (χ4v) is 3.29. The van der Waals surface area contributed by atoms with Crippen LogP contribution in [0.3, 0.4) is 0 Å². The van der Waals surface area contributed by atoms with E-state index in [-0.39, 0.29) is 17.7 Å². The number of piperazine rings is 1. The van der Waals surface area contributed by atoms with Gasteiger partial charge in [-0.2, -0.15) is 0 Å². The summed E-state index contributed by atoms with van der Waals surface area (Å²) in [6.07, 6.45) is 0.0120. The summed E-state index contributed by atoms with van der Waals surface area (Å²) in [6, 6.07) is 11.7. The minimum atomic E-state index is -0.411. The van der Waals surface area contributed by atoms with Gasteiger partial charge in [0.1, 0.15) is 0 Å². The summed E-state index contributed by atoms with van der Waals surface area (Å²) in [4.78, 5) is 27.2. The van der Waals surface area contributed by atoms with Crippen LogP contribution in [0.1, 0.15) is 24.2 Å². The molecule has 1 aliphatic heterocycles. The van der Waals surface area contributed by atoms with Crippen molar-refractivity contribution in [2.24, 2.45) is 0 Å². The molecule has 3 rings (SSSR count). The van der Waals surface area contributed by atoms with Gasteiger partial charge in [-0.1, -0.05) is 0 Å². The van der Waals surface area contributed by atoms with Gasteiger partial charge in [-0.3, -0.25) is 14.9 Å². The fourth-order valence-electron chi connectivity index (χ4n) is 3.29. The Morgan fingerprint density at radius 2 is 1.69 bits per heavy atom. The molecule has 29 heavy (non-hydrogen) atoms. The summed E-state index contributed by atoms with van der Waals surface area (Å²) < 4.78 is 11.1. The highest BCUT2D eigenvalue weighted by Gasteiger charge is 2.23. The SMILES string of the molecule is COc1cc(C(=O)N2CCN(c3ccc([N+](=O)[O-])cc3)CC2)ccc1OC(C)C. The van der Waals surface area contributed by atoms with Gasteiger partial charge in [0.2, 0.25) is 0 Å². The molecule has 0 saturated carbocycles. The molecule has 8 heteroatoms. The molecule has 0 bridgehead atoms. The minimum Gasteiger partial charge on any atom is -0.493 e. The average molecular weight is 399 g/mol.